The first-order valence-corrected chi connectivity index (χ1v) is 15.5. The molecule has 5 heteroatoms. The lowest BCUT2D eigenvalue weighted by Gasteiger charge is -2.59. The molecule has 2 heterocycles. The van der Waals surface area contributed by atoms with Gasteiger partial charge in [-0.1, -0.05) is 71.4 Å². The van der Waals surface area contributed by atoms with Gasteiger partial charge in [-0.25, -0.2) is 0 Å². The number of fused-ring (bicyclic) bond motifs is 6. The zero-order valence-electron chi connectivity index (χ0n) is 25.3. The third-order valence-corrected chi connectivity index (χ3v) is 10.6. The molecule has 4 aliphatic carbocycles. The van der Waals surface area contributed by atoms with E-state index in [1.54, 1.807) is 7.11 Å². The highest BCUT2D eigenvalue weighted by Gasteiger charge is 2.67. The molecule has 0 N–H and O–H groups in total. The summed E-state index contributed by atoms with van der Waals surface area (Å²) < 4.78 is 30.7. The highest BCUT2D eigenvalue weighted by atomic mass is 16.7. The molecule has 1 aromatic rings. The van der Waals surface area contributed by atoms with Crippen molar-refractivity contribution in [2.75, 3.05) is 33.5 Å². The number of hydrogen-bond donors (Lipinski definition) is 0. The predicted molar refractivity (Wildman–Crippen MR) is 155 cm³/mol. The second kappa shape index (κ2) is 11.0. The molecule has 5 atom stereocenters. The highest BCUT2D eigenvalue weighted by Crippen LogP contribution is 2.69. The monoisotopic (exact) mass is 538 g/mol. The molecule has 6 aliphatic rings. The minimum absolute atomic E-state index is 0.101. The molecular formula is C34H50O5. The highest BCUT2D eigenvalue weighted by molar-refractivity contribution is 5.72. The van der Waals surface area contributed by atoms with Gasteiger partial charge >= 0.3 is 0 Å². The maximum Gasteiger partial charge on any atom is 0.177 e. The molecule has 1 aromatic carbocycles. The number of ether oxygens (including phenoxy) is 5. The molecule has 7 rings (SSSR count). The van der Waals surface area contributed by atoms with Crippen LogP contribution < -0.4 is 4.74 Å². The molecule has 5 unspecified atom stereocenters. The molecule has 0 bridgehead atoms. The van der Waals surface area contributed by atoms with Crippen LogP contribution in [0.3, 0.4) is 0 Å². The van der Waals surface area contributed by atoms with Crippen molar-refractivity contribution in [3.8, 4) is 5.75 Å². The smallest absolute Gasteiger partial charge is 0.177 e. The Morgan fingerprint density at radius 2 is 1.46 bits per heavy atom. The van der Waals surface area contributed by atoms with E-state index in [4.69, 9.17) is 23.7 Å². The van der Waals surface area contributed by atoms with Gasteiger partial charge in [0.05, 0.1) is 33.5 Å². The lowest BCUT2D eigenvalue weighted by molar-refractivity contribution is -0.215. The normalized spacial score (nSPS) is 36.8. The van der Waals surface area contributed by atoms with Gasteiger partial charge in [0, 0.05) is 24.7 Å². The Bertz CT molecular complexity index is 1060. The average molecular weight is 539 g/mol. The maximum atomic E-state index is 6.43. The van der Waals surface area contributed by atoms with Crippen LogP contribution >= 0.6 is 0 Å². The van der Waals surface area contributed by atoms with Crippen molar-refractivity contribution in [1.29, 1.82) is 0 Å². The number of allylic oxidation sites excluding steroid dienone is 2. The van der Waals surface area contributed by atoms with E-state index >= 15 is 0 Å². The van der Waals surface area contributed by atoms with Crippen molar-refractivity contribution in [1.82, 2.24) is 0 Å². The molecule has 2 aliphatic heterocycles. The van der Waals surface area contributed by atoms with Gasteiger partial charge in [0.1, 0.15) is 5.75 Å². The van der Waals surface area contributed by atoms with E-state index in [0.29, 0.717) is 31.0 Å². The van der Waals surface area contributed by atoms with Crippen LogP contribution in [-0.4, -0.2) is 45.1 Å². The number of benzene rings is 1. The largest absolute Gasteiger partial charge is 0.497 e. The molecule has 4 fully saturated rings. The first-order valence-electron chi connectivity index (χ1n) is 15.5. The van der Waals surface area contributed by atoms with Crippen LogP contribution in [0.25, 0.3) is 5.57 Å². The van der Waals surface area contributed by atoms with E-state index in [1.807, 2.05) is 27.7 Å². The summed E-state index contributed by atoms with van der Waals surface area (Å²) in [7, 11) is 1.73. The summed E-state index contributed by atoms with van der Waals surface area (Å²) in [6.45, 7) is 15.8. The Balaban J connectivity index is 0.000000738. The van der Waals surface area contributed by atoms with Crippen LogP contribution in [0, 0.1) is 28.6 Å². The fourth-order valence-electron chi connectivity index (χ4n) is 8.89. The lowest BCUT2D eigenvalue weighted by Crippen LogP contribution is -2.54. The van der Waals surface area contributed by atoms with Crippen LogP contribution in [0.15, 0.2) is 42.0 Å². The molecule has 2 saturated heterocycles. The van der Waals surface area contributed by atoms with Gasteiger partial charge in [-0.3, -0.25) is 0 Å². The summed E-state index contributed by atoms with van der Waals surface area (Å²) in [5.41, 5.74) is 4.28. The van der Waals surface area contributed by atoms with E-state index in [-0.39, 0.29) is 10.8 Å². The number of methoxy groups -OCH3 is 1. The lowest BCUT2D eigenvalue weighted by atomic mass is 9.47. The third-order valence-electron chi connectivity index (χ3n) is 10.6. The van der Waals surface area contributed by atoms with Crippen molar-refractivity contribution >= 4 is 5.57 Å². The topological polar surface area (TPSA) is 46.2 Å². The zero-order valence-corrected chi connectivity index (χ0v) is 25.3. The fourth-order valence-corrected chi connectivity index (χ4v) is 8.89. The molecule has 0 aromatic heterocycles. The Morgan fingerprint density at radius 3 is 2.10 bits per heavy atom. The molecule has 5 nitrogen and oxygen atoms in total. The molecule has 0 radical (unpaired) electrons. The molecule has 216 valence electrons. The fraction of sp³-hybridized carbons (Fsp3) is 0.706. The van der Waals surface area contributed by atoms with Crippen molar-refractivity contribution in [2.24, 2.45) is 28.6 Å². The van der Waals surface area contributed by atoms with Crippen molar-refractivity contribution in [2.45, 2.75) is 91.6 Å². The second-order valence-electron chi connectivity index (χ2n) is 12.0. The summed E-state index contributed by atoms with van der Waals surface area (Å²) in [4.78, 5) is 0. The minimum atomic E-state index is -0.479. The number of hydrogen-bond acceptors (Lipinski definition) is 5. The first-order chi connectivity index (χ1) is 18.9. The number of rotatable bonds is 2. The molecule has 39 heavy (non-hydrogen) atoms. The first kappa shape index (κ1) is 28.9. The van der Waals surface area contributed by atoms with Gasteiger partial charge in [-0.2, -0.15) is 0 Å². The van der Waals surface area contributed by atoms with Crippen molar-refractivity contribution in [3.63, 3.8) is 0 Å². The Kier molecular flexibility index (Phi) is 8.11. The van der Waals surface area contributed by atoms with Crippen LogP contribution in [-0.2, 0) is 18.9 Å². The average Bonchev–Trinajstić information content (AvgIpc) is 3.72. The van der Waals surface area contributed by atoms with Crippen LogP contribution in [0.2, 0.25) is 0 Å². The van der Waals surface area contributed by atoms with Gasteiger partial charge in [-0.15, -0.1) is 0 Å². The van der Waals surface area contributed by atoms with Crippen molar-refractivity contribution < 1.29 is 23.7 Å². The minimum Gasteiger partial charge on any atom is -0.497 e. The van der Waals surface area contributed by atoms with Crippen LogP contribution in [0.1, 0.15) is 85.6 Å². The summed E-state index contributed by atoms with van der Waals surface area (Å²) in [5.74, 6) is 1.61. The summed E-state index contributed by atoms with van der Waals surface area (Å²) in [6.07, 6.45) is 11.4. The van der Waals surface area contributed by atoms with Crippen LogP contribution in [0.4, 0.5) is 0 Å². The van der Waals surface area contributed by atoms with Crippen molar-refractivity contribution in [3.05, 3.63) is 47.6 Å². The van der Waals surface area contributed by atoms with E-state index < -0.39 is 11.6 Å². The maximum absolute atomic E-state index is 6.43. The zero-order chi connectivity index (χ0) is 27.9. The molecular weight excluding hydrogens is 488 g/mol. The van der Waals surface area contributed by atoms with Gasteiger partial charge < -0.3 is 23.7 Å². The predicted octanol–water partition coefficient (Wildman–Crippen LogP) is 7.80. The van der Waals surface area contributed by atoms with Crippen LogP contribution in [0.5, 0.6) is 5.75 Å². The summed E-state index contributed by atoms with van der Waals surface area (Å²) in [5, 5.41) is 0. The van der Waals surface area contributed by atoms with E-state index in [0.717, 1.165) is 51.1 Å². The van der Waals surface area contributed by atoms with Gasteiger partial charge in [-0.05, 0) is 65.7 Å². The third kappa shape index (κ3) is 4.34. The van der Waals surface area contributed by atoms with Gasteiger partial charge in [0.25, 0.3) is 0 Å². The molecule has 2 saturated carbocycles. The Morgan fingerprint density at radius 1 is 0.821 bits per heavy atom. The van der Waals surface area contributed by atoms with Gasteiger partial charge in [0.2, 0.25) is 0 Å². The summed E-state index contributed by atoms with van der Waals surface area (Å²) in [6, 6.07) is 8.70. The van der Waals surface area contributed by atoms with E-state index in [9.17, 15) is 0 Å². The van der Waals surface area contributed by atoms with E-state index in [2.05, 4.69) is 50.3 Å². The van der Waals surface area contributed by atoms with E-state index in [1.165, 1.54) is 23.1 Å². The molecule has 2 spiro atoms. The van der Waals surface area contributed by atoms with Gasteiger partial charge in [0.15, 0.2) is 11.6 Å². The Labute approximate surface area is 236 Å². The quantitative estimate of drug-likeness (QED) is 0.360. The second-order valence-corrected chi connectivity index (χ2v) is 12.0. The summed E-state index contributed by atoms with van der Waals surface area (Å²) >= 11 is 0. The Hall–Kier alpha value is -1.66. The SMILES string of the molecule is CC.CC.COc1ccc(C2=CC3(C)C(CCC34OCCO4)C3CC=C4CC5(CCC4(C)C23)OCCO5)cc1. The standard InChI is InChI=1S/C30H38O5.2C2H6/c1-27-12-13-29(32-14-15-33-29)18-21(27)6-9-23-25-10-11-30(34-16-17-35-30)28(25,2)19-24(26(23)27)20-4-7-22(31-3)8-5-20;2*1-2/h4-8,19,23,25-26H,9-18H2,1-3H3;2*1-2H3. The molecule has 0 amide bonds.